The summed E-state index contributed by atoms with van der Waals surface area (Å²) in [6.45, 7) is 5.60. The lowest BCUT2D eigenvalue weighted by molar-refractivity contribution is -0.121. The second kappa shape index (κ2) is 5.65. The summed E-state index contributed by atoms with van der Waals surface area (Å²) in [5.41, 5.74) is 7.00. The summed E-state index contributed by atoms with van der Waals surface area (Å²) < 4.78 is 0. The van der Waals surface area contributed by atoms with Crippen molar-refractivity contribution in [3.63, 3.8) is 0 Å². The molecule has 0 heterocycles. The fourth-order valence-corrected chi connectivity index (χ4v) is 1.74. The minimum absolute atomic E-state index is 0.241. The number of anilines is 1. The Morgan fingerprint density at radius 2 is 2.06 bits per heavy atom. The second-order valence-electron chi connectivity index (χ2n) is 4.43. The van der Waals surface area contributed by atoms with Gasteiger partial charge in [0, 0.05) is 0 Å². The van der Waals surface area contributed by atoms with Gasteiger partial charge in [-0.05, 0) is 31.4 Å². The van der Waals surface area contributed by atoms with Crippen molar-refractivity contribution in [1.29, 1.82) is 5.26 Å². The maximum Gasteiger partial charge on any atom is 0.244 e. The van der Waals surface area contributed by atoms with Crippen molar-refractivity contribution in [2.24, 2.45) is 5.73 Å². The van der Waals surface area contributed by atoms with Crippen LogP contribution in [-0.4, -0.2) is 11.4 Å². The Morgan fingerprint density at radius 1 is 1.44 bits per heavy atom. The molecule has 0 aliphatic rings. The van der Waals surface area contributed by atoms with Gasteiger partial charge >= 0.3 is 0 Å². The molecule has 0 spiro atoms. The van der Waals surface area contributed by atoms with E-state index in [0.717, 1.165) is 5.56 Å². The van der Waals surface area contributed by atoms with Crippen LogP contribution in [0.25, 0.3) is 0 Å². The fourth-order valence-electron chi connectivity index (χ4n) is 1.74. The molecular formula is C14H19N3O. The summed E-state index contributed by atoms with van der Waals surface area (Å²) in [6, 6.07) is 7.46. The topological polar surface area (TPSA) is 78.9 Å². The Hall–Kier alpha value is -1.86. The summed E-state index contributed by atoms with van der Waals surface area (Å²) in [4.78, 5) is 12.1. The molecule has 0 aliphatic carbocycles. The van der Waals surface area contributed by atoms with E-state index in [9.17, 15) is 4.79 Å². The van der Waals surface area contributed by atoms with Crippen molar-refractivity contribution < 1.29 is 4.79 Å². The van der Waals surface area contributed by atoms with Gasteiger partial charge in [0.15, 0.2) is 0 Å². The van der Waals surface area contributed by atoms with Gasteiger partial charge in [0.2, 0.25) is 5.91 Å². The molecular weight excluding hydrogens is 226 g/mol. The Morgan fingerprint density at radius 3 is 2.56 bits per heavy atom. The molecule has 0 radical (unpaired) electrons. The van der Waals surface area contributed by atoms with Gasteiger partial charge in [-0.3, -0.25) is 4.79 Å². The number of rotatable bonds is 4. The van der Waals surface area contributed by atoms with Gasteiger partial charge in [-0.15, -0.1) is 0 Å². The molecule has 0 unspecified atom stereocenters. The number of nitrogens with zero attached hydrogens (tertiary/aromatic N) is 1. The van der Waals surface area contributed by atoms with E-state index in [1.807, 2.05) is 32.9 Å². The van der Waals surface area contributed by atoms with E-state index in [-0.39, 0.29) is 5.91 Å². The van der Waals surface area contributed by atoms with Crippen LogP contribution in [0.4, 0.5) is 5.69 Å². The minimum atomic E-state index is -0.879. The van der Waals surface area contributed by atoms with Crippen molar-refractivity contribution in [3.05, 3.63) is 29.3 Å². The largest absolute Gasteiger partial charge is 0.323 e. The number of nitriles is 1. The zero-order valence-electron chi connectivity index (χ0n) is 11.1. The number of nitrogens with one attached hydrogen (secondary N) is 1. The Balaban J connectivity index is 3.03. The molecule has 0 atom stereocenters. The Kier molecular flexibility index (Phi) is 4.46. The molecule has 0 aliphatic heterocycles. The Bertz CT molecular complexity index is 484. The van der Waals surface area contributed by atoms with Gasteiger partial charge in [-0.1, -0.05) is 26.0 Å². The van der Waals surface area contributed by atoms with Gasteiger partial charge in [-0.25, -0.2) is 0 Å². The van der Waals surface area contributed by atoms with Crippen LogP contribution >= 0.6 is 0 Å². The summed E-state index contributed by atoms with van der Waals surface area (Å²) in [5.74, 6) is -0.241. The molecule has 4 nitrogen and oxygen atoms in total. The van der Waals surface area contributed by atoms with E-state index in [1.54, 1.807) is 6.07 Å². The van der Waals surface area contributed by atoms with E-state index in [1.165, 1.54) is 0 Å². The van der Waals surface area contributed by atoms with Crippen LogP contribution in [-0.2, 0) is 4.79 Å². The SMILES string of the molecule is CCC(N)(CC)C(=O)Nc1cccc(C)c1C#N. The van der Waals surface area contributed by atoms with Crippen LogP contribution in [0.3, 0.4) is 0 Å². The lowest BCUT2D eigenvalue weighted by Crippen LogP contribution is -2.50. The lowest BCUT2D eigenvalue weighted by Gasteiger charge is -2.25. The van der Waals surface area contributed by atoms with Crippen molar-refractivity contribution in [2.45, 2.75) is 39.2 Å². The molecule has 0 bridgehead atoms. The van der Waals surface area contributed by atoms with Crippen LogP contribution in [0, 0.1) is 18.3 Å². The first-order valence-electron chi connectivity index (χ1n) is 6.08. The van der Waals surface area contributed by atoms with Crippen molar-refractivity contribution in [3.8, 4) is 6.07 Å². The average Bonchev–Trinajstić information content (AvgIpc) is 2.38. The molecule has 1 rings (SSSR count). The van der Waals surface area contributed by atoms with Crippen LogP contribution in [0.1, 0.15) is 37.8 Å². The molecule has 1 amide bonds. The number of benzene rings is 1. The summed E-state index contributed by atoms with van der Waals surface area (Å²) in [7, 11) is 0. The first kappa shape index (κ1) is 14.2. The van der Waals surface area contributed by atoms with Crippen molar-refractivity contribution >= 4 is 11.6 Å². The average molecular weight is 245 g/mol. The predicted octanol–water partition coefficient (Wildman–Crippen LogP) is 2.32. The number of amides is 1. The first-order chi connectivity index (χ1) is 8.48. The van der Waals surface area contributed by atoms with E-state index in [2.05, 4.69) is 11.4 Å². The standard InChI is InChI=1S/C14H19N3O/c1-4-14(16,5-2)13(18)17-12-8-6-7-10(3)11(12)9-15/h6-8H,4-5,16H2,1-3H3,(H,17,18). The van der Waals surface area contributed by atoms with E-state index >= 15 is 0 Å². The summed E-state index contributed by atoms with van der Waals surface area (Å²) in [5, 5.41) is 11.9. The second-order valence-corrected chi connectivity index (χ2v) is 4.43. The number of hydrogen-bond acceptors (Lipinski definition) is 3. The number of hydrogen-bond donors (Lipinski definition) is 2. The van der Waals surface area contributed by atoms with E-state index < -0.39 is 5.54 Å². The van der Waals surface area contributed by atoms with Gasteiger partial charge in [0.25, 0.3) is 0 Å². The highest BCUT2D eigenvalue weighted by Gasteiger charge is 2.30. The summed E-state index contributed by atoms with van der Waals surface area (Å²) >= 11 is 0. The number of aryl methyl sites for hydroxylation is 1. The highest BCUT2D eigenvalue weighted by molar-refractivity contribution is 5.98. The normalized spacial score (nSPS) is 10.8. The molecule has 0 aromatic heterocycles. The van der Waals surface area contributed by atoms with Gasteiger partial charge in [0.1, 0.15) is 6.07 Å². The smallest absolute Gasteiger partial charge is 0.244 e. The molecule has 1 aromatic carbocycles. The van der Waals surface area contributed by atoms with E-state index in [0.29, 0.717) is 24.1 Å². The van der Waals surface area contributed by atoms with Crippen molar-refractivity contribution in [1.82, 2.24) is 0 Å². The zero-order valence-corrected chi connectivity index (χ0v) is 11.1. The maximum absolute atomic E-state index is 12.1. The number of nitrogens with two attached hydrogens (primary N) is 1. The van der Waals surface area contributed by atoms with Gasteiger partial charge in [-0.2, -0.15) is 5.26 Å². The Labute approximate surface area is 108 Å². The molecule has 0 saturated carbocycles. The fraction of sp³-hybridized carbons (Fsp3) is 0.429. The summed E-state index contributed by atoms with van der Waals surface area (Å²) in [6.07, 6.45) is 1.12. The third-order valence-electron chi connectivity index (χ3n) is 3.35. The highest BCUT2D eigenvalue weighted by atomic mass is 16.2. The third kappa shape index (κ3) is 2.69. The number of carbonyl (C=O) groups excluding carboxylic acids is 1. The lowest BCUT2D eigenvalue weighted by atomic mass is 9.93. The van der Waals surface area contributed by atoms with E-state index in [4.69, 9.17) is 11.0 Å². The number of carbonyl (C=O) groups is 1. The third-order valence-corrected chi connectivity index (χ3v) is 3.35. The quantitative estimate of drug-likeness (QED) is 0.854. The van der Waals surface area contributed by atoms with Crippen LogP contribution in [0.15, 0.2) is 18.2 Å². The van der Waals surface area contributed by atoms with Crippen LogP contribution < -0.4 is 11.1 Å². The highest BCUT2D eigenvalue weighted by Crippen LogP contribution is 2.21. The van der Waals surface area contributed by atoms with Gasteiger partial charge < -0.3 is 11.1 Å². The van der Waals surface area contributed by atoms with Crippen LogP contribution in [0.5, 0.6) is 0 Å². The molecule has 96 valence electrons. The predicted molar refractivity (Wildman–Crippen MR) is 72.0 cm³/mol. The van der Waals surface area contributed by atoms with Crippen LogP contribution in [0.2, 0.25) is 0 Å². The van der Waals surface area contributed by atoms with Crippen molar-refractivity contribution in [2.75, 3.05) is 5.32 Å². The maximum atomic E-state index is 12.1. The van der Waals surface area contributed by atoms with Gasteiger partial charge in [0.05, 0.1) is 16.8 Å². The molecule has 0 saturated heterocycles. The molecule has 18 heavy (non-hydrogen) atoms. The molecule has 3 N–H and O–H groups in total. The molecule has 4 heteroatoms. The zero-order chi connectivity index (χ0) is 13.8. The minimum Gasteiger partial charge on any atom is -0.323 e. The first-order valence-corrected chi connectivity index (χ1v) is 6.08. The monoisotopic (exact) mass is 245 g/mol. The molecule has 0 fully saturated rings. The molecule has 1 aromatic rings.